The maximum Gasteiger partial charge on any atom is 0.308 e. The zero-order chi connectivity index (χ0) is 16.9. The molecule has 2 N–H and O–H groups in total. The molecule has 122 valence electrons. The monoisotopic (exact) mass is 312 g/mol. The fourth-order valence-electron chi connectivity index (χ4n) is 1.91. The minimum Gasteiger partial charge on any atom is -0.481 e. The van der Waals surface area contributed by atoms with Crippen LogP contribution >= 0.6 is 0 Å². The van der Waals surface area contributed by atoms with Gasteiger partial charge in [0.1, 0.15) is 17.9 Å². The van der Waals surface area contributed by atoms with Gasteiger partial charge in [-0.15, -0.1) is 0 Å². The van der Waals surface area contributed by atoms with Crippen LogP contribution in [-0.2, 0) is 15.1 Å². The second-order valence-electron chi connectivity index (χ2n) is 5.49. The number of carbonyl (C=O) groups excluding carboxylic acids is 1. The third-order valence-electron chi connectivity index (χ3n) is 3.40. The summed E-state index contributed by atoms with van der Waals surface area (Å²) in [6.07, 6.45) is 3.39. The van der Waals surface area contributed by atoms with Crippen molar-refractivity contribution >= 4 is 17.6 Å². The van der Waals surface area contributed by atoms with E-state index in [0.717, 1.165) is 6.20 Å². The molecule has 1 aromatic rings. The van der Waals surface area contributed by atoms with Crippen LogP contribution in [0.25, 0.3) is 0 Å². The molecule has 1 rings (SSSR count). The van der Waals surface area contributed by atoms with Gasteiger partial charge in [-0.3, -0.25) is 24.4 Å². The van der Waals surface area contributed by atoms with E-state index in [1.54, 1.807) is 13.8 Å². The molecule has 1 atom stereocenters. The van der Waals surface area contributed by atoms with Crippen molar-refractivity contribution in [1.82, 2.24) is 15.1 Å². The van der Waals surface area contributed by atoms with Gasteiger partial charge in [0.25, 0.3) is 0 Å². The van der Waals surface area contributed by atoms with Crippen molar-refractivity contribution in [1.29, 1.82) is 0 Å². The maximum atomic E-state index is 12.2. The lowest BCUT2D eigenvalue weighted by Gasteiger charge is -2.24. The molecular weight excluding hydrogens is 292 g/mol. The number of aliphatic carboxylic acids is 1. The van der Waals surface area contributed by atoms with Gasteiger partial charge in [0.15, 0.2) is 0 Å². The first-order chi connectivity index (χ1) is 10.2. The largest absolute Gasteiger partial charge is 0.481 e. The number of nitro groups is 1. The number of rotatable bonds is 8. The number of hydrogen-bond acceptors (Lipinski definition) is 5. The second-order valence-corrected chi connectivity index (χ2v) is 5.49. The van der Waals surface area contributed by atoms with Crippen molar-refractivity contribution in [3.05, 3.63) is 22.5 Å². The lowest BCUT2D eigenvalue weighted by atomic mass is 10.0. The van der Waals surface area contributed by atoms with Crippen LogP contribution in [0.2, 0.25) is 0 Å². The molecule has 0 aliphatic rings. The summed E-state index contributed by atoms with van der Waals surface area (Å²) in [7, 11) is 0. The van der Waals surface area contributed by atoms with E-state index in [4.69, 9.17) is 5.11 Å². The molecule has 1 amide bonds. The smallest absolute Gasteiger partial charge is 0.308 e. The Morgan fingerprint density at radius 1 is 1.55 bits per heavy atom. The van der Waals surface area contributed by atoms with Crippen molar-refractivity contribution < 1.29 is 19.6 Å². The lowest BCUT2D eigenvalue weighted by molar-refractivity contribution is -0.385. The fraction of sp³-hybridized carbons (Fsp3) is 0.615. The van der Waals surface area contributed by atoms with Crippen LogP contribution in [-0.4, -0.2) is 38.2 Å². The molecule has 1 aromatic heterocycles. The normalized spacial score (nSPS) is 12.7. The quantitative estimate of drug-likeness (QED) is 0.547. The van der Waals surface area contributed by atoms with Gasteiger partial charge in [-0.25, -0.2) is 0 Å². The molecule has 0 aliphatic carbocycles. The first-order valence-corrected chi connectivity index (χ1v) is 6.90. The average Bonchev–Trinajstić information content (AvgIpc) is 2.93. The molecule has 0 bridgehead atoms. The van der Waals surface area contributed by atoms with E-state index in [0.29, 0.717) is 12.8 Å². The van der Waals surface area contributed by atoms with E-state index >= 15 is 0 Å². The molecule has 0 aliphatic heterocycles. The van der Waals surface area contributed by atoms with Crippen molar-refractivity contribution in [2.45, 2.75) is 39.2 Å². The summed E-state index contributed by atoms with van der Waals surface area (Å²) in [6.45, 7) is 4.97. The van der Waals surface area contributed by atoms with Crippen molar-refractivity contribution in [3.63, 3.8) is 0 Å². The summed E-state index contributed by atoms with van der Waals surface area (Å²) in [5.41, 5.74) is -1.38. The number of carboxylic acids is 1. The van der Waals surface area contributed by atoms with Gasteiger partial charge in [-0.05, 0) is 20.3 Å². The highest BCUT2D eigenvalue weighted by molar-refractivity contribution is 5.84. The summed E-state index contributed by atoms with van der Waals surface area (Å²) >= 11 is 0. The first kappa shape index (κ1) is 17.6. The number of aromatic nitrogens is 2. The summed E-state index contributed by atoms with van der Waals surface area (Å²) in [5, 5.41) is 26.1. The van der Waals surface area contributed by atoms with Gasteiger partial charge in [0.05, 0.1) is 10.8 Å². The zero-order valence-corrected chi connectivity index (χ0v) is 12.8. The third kappa shape index (κ3) is 4.03. The Bertz CT molecular complexity index is 567. The highest BCUT2D eigenvalue weighted by Crippen LogP contribution is 2.18. The molecule has 0 saturated heterocycles. The van der Waals surface area contributed by atoms with Crippen molar-refractivity contribution in [3.8, 4) is 0 Å². The first-order valence-electron chi connectivity index (χ1n) is 6.90. The number of amides is 1. The van der Waals surface area contributed by atoms with Crippen LogP contribution < -0.4 is 5.32 Å². The van der Waals surface area contributed by atoms with Crippen LogP contribution in [0.15, 0.2) is 12.4 Å². The summed E-state index contributed by atoms with van der Waals surface area (Å²) < 4.78 is 1.19. The van der Waals surface area contributed by atoms with Crippen LogP contribution in [0.1, 0.15) is 33.6 Å². The van der Waals surface area contributed by atoms with Crippen LogP contribution in [0.5, 0.6) is 0 Å². The van der Waals surface area contributed by atoms with Gasteiger partial charge >= 0.3 is 11.7 Å². The highest BCUT2D eigenvalue weighted by atomic mass is 16.6. The molecule has 9 heteroatoms. The predicted octanol–water partition coefficient (Wildman–Crippen LogP) is 1.14. The summed E-state index contributed by atoms with van der Waals surface area (Å²) in [5.74, 6) is -2.07. The minimum absolute atomic E-state index is 0.00873. The van der Waals surface area contributed by atoms with Crippen LogP contribution in [0.4, 0.5) is 5.69 Å². The van der Waals surface area contributed by atoms with Gasteiger partial charge in [0.2, 0.25) is 5.91 Å². The van der Waals surface area contributed by atoms with Gasteiger partial charge in [-0.1, -0.05) is 13.3 Å². The topological polar surface area (TPSA) is 127 Å². The second kappa shape index (κ2) is 7.01. The summed E-state index contributed by atoms with van der Waals surface area (Å²) in [6, 6.07) is 0. The van der Waals surface area contributed by atoms with Gasteiger partial charge in [0, 0.05) is 6.54 Å². The molecule has 9 nitrogen and oxygen atoms in total. The fourth-order valence-corrected chi connectivity index (χ4v) is 1.91. The van der Waals surface area contributed by atoms with E-state index in [1.165, 1.54) is 10.9 Å². The molecule has 0 aromatic carbocycles. The molecule has 0 saturated carbocycles. The molecule has 1 unspecified atom stereocenters. The number of carboxylic acid groups (broad SMARTS) is 1. The van der Waals surface area contributed by atoms with E-state index in [9.17, 15) is 19.7 Å². The van der Waals surface area contributed by atoms with Gasteiger partial charge < -0.3 is 10.4 Å². The molecule has 0 radical (unpaired) electrons. The minimum atomic E-state index is -1.16. The summed E-state index contributed by atoms with van der Waals surface area (Å²) in [4.78, 5) is 33.4. The Morgan fingerprint density at radius 2 is 2.18 bits per heavy atom. The Kier molecular flexibility index (Phi) is 5.61. The van der Waals surface area contributed by atoms with E-state index in [2.05, 4.69) is 10.4 Å². The predicted molar refractivity (Wildman–Crippen MR) is 77.2 cm³/mol. The maximum absolute atomic E-state index is 12.2. The van der Waals surface area contributed by atoms with E-state index in [-0.39, 0.29) is 12.2 Å². The van der Waals surface area contributed by atoms with Gasteiger partial charge in [-0.2, -0.15) is 5.10 Å². The molecule has 0 spiro atoms. The number of nitrogens with zero attached hydrogens (tertiary/aromatic N) is 3. The number of carbonyl (C=O) groups is 2. The zero-order valence-electron chi connectivity index (χ0n) is 12.8. The number of nitrogens with one attached hydrogen (secondary N) is 1. The molecule has 1 heterocycles. The van der Waals surface area contributed by atoms with Crippen LogP contribution in [0.3, 0.4) is 0 Å². The van der Waals surface area contributed by atoms with Crippen molar-refractivity contribution in [2.24, 2.45) is 5.92 Å². The standard InChI is InChI=1S/C13H20N4O5/c1-4-5-9(11(18)19)6-14-12(20)13(2,3)16-8-10(7-15-16)17(21)22/h7-9H,4-6H2,1-3H3,(H,14,20)(H,18,19). The van der Waals surface area contributed by atoms with Crippen molar-refractivity contribution in [2.75, 3.05) is 6.54 Å². The molecule has 22 heavy (non-hydrogen) atoms. The number of hydrogen-bond donors (Lipinski definition) is 2. The van der Waals surface area contributed by atoms with E-state index < -0.39 is 28.3 Å². The third-order valence-corrected chi connectivity index (χ3v) is 3.40. The molecule has 0 fully saturated rings. The Labute approximate surface area is 127 Å². The highest BCUT2D eigenvalue weighted by Gasteiger charge is 2.32. The Morgan fingerprint density at radius 3 is 2.64 bits per heavy atom. The van der Waals surface area contributed by atoms with E-state index in [1.807, 2.05) is 6.92 Å². The SMILES string of the molecule is CCCC(CNC(=O)C(C)(C)n1cc([N+](=O)[O-])cn1)C(=O)O. The average molecular weight is 312 g/mol. The Hall–Kier alpha value is -2.45. The Balaban J connectivity index is 2.77. The van der Waals surface area contributed by atoms with Crippen LogP contribution in [0, 0.1) is 16.0 Å². The molecular formula is C13H20N4O5. The lowest BCUT2D eigenvalue weighted by Crippen LogP contribution is -2.46.